The largest absolute Gasteiger partial charge is 0.497 e. The number of thioether (sulfide) groups is 1. The lowest BCUT2D eigenvalue weighted by atomic mass is 10.0. The van der Waals surface area contributed by atoms with E-state index in [1.165, 1.54) is 23.6 Å². The molecule has 5 aliphatic heterocycles. The number of carbonyl (C=O) groups excluding carboxylic acids is 5. The number of rotatable bonds is 17. The number of alkyl carbamates (subject to hydrolysis) is 1. The minimum atomic E-state index is -0.547. The Bertz CT molecular complexity index is 7460. The Hall–Kier alpha value is -16.8. The number of nitrogens with one attached hydrogen (secondary N) is 1. The van der Waals surface area contributed by atoms with Crippen LogP contribution in [0.15, 0.2) is 375 Å². The maximum Gasteiger partial charge on any atom is 0.414 e. The van der Waals surface area contributed by atoms with Gasteiger partial charge in [-0.25, -0.2) is 14.4 Å². The first kappa shape index (κ1) is 95.9. The highest BCUT2D eigenvalue weighted by Crippen LogP contribution is 2.50. The number of nitrogens with zero attached hydrogens (tertiary/aromatic N) is 7. The first-order valence-corrected chi connectivity index (χ1v) is 47.2. The second-order valence-electron chi connectivity index (χ2n) is 32.9. The first-order chi connectivity index (χ1) is 68.7. The summed E-state index contributed by atoms with van der Waals surface area (Å²) in [4.78, 5) is 65.4. The normalized spacial score (nSPS) is 12.6. The highest BCUT2D eigenvalue weighted by molar-refractivity contribution is 8.08. The van der Waals surface area contributed by atoms with E-state index >= 15 is 0 Å². The molecule has 16 aromatic rings. The van der Waals surface area contributed by atoms with Crippen LogP contribution >= 0.6 is 35.0 Å². The average molecular weight is 1940 g/mol. The molecule has 26 heteroatoms. The van der Waals surface area contributed by atoms with Crippen LogP contribution < -0.4 is 29.0 Å². The number of ether oxygens (including phenoxy) is 10. The molecule has 10 heterocycles. The molecule has 5 aromatic heterocycles. The predicted octanol–water partition coefficient (Wildman–Crippen LogP) is 27.5. The molecule has 0 atom stereocenters. The lowest BCUT2D eigenvalue weighted by Crippen LogP contribution is -2.24. The van der Waals surface area contributed by atoms with E-state index in [9.17, 15) is 24.0 Å². The van der Waals surface area contributed by atoms with Gasteiger partial charge in [0.15, 0.2) is 69.1 Å². The molecule has 21 rings (SSSR count). The zero-order valence-corrected chi connectivity index (χ0v) is 80.9. The lowest BCUT2D eigenvalue weighted by Gasteiger charge is -2.16. The first-order valence-electron chi connectivity index (χ1n) is 45.7. The van der Waals surface area contributed by atoms with Crippen LogP contribution in [0.4, 0.5) is 14.4 Å². The third-order valence-electron chi connectivity index (χ3n) is 22.8. The third kappa shape index (κ3) is 21.5. The lowest BCUT2D eigenvalue weighted by molar-refractivity contribution is -0.135. The molecular weight excluding hydrogens is 1840 g/mol. The number of hydrogen-bond donors (Lipinski definition) is 1. The Morgan fingerprint density at radius 3 is 1.23 bits per heavy atom. The van der Waals surface area contributed by atoms with E-state index in [0.717, 1.165) is 143 Å². The summed E-state index contributed by atoms with van der Waals surface area (Å²) < 4.78 is 68.7. The van der Waals surface area contributed by atoms with Crippen LogP contribution in [0.2, 0.25) is 10.2 Å². The minimum absolute atomic E-state index is 0.324. The van der Waals surface area contributed by atoms with Gasteiger partial charge >= 0.3 is 30.2 Å². The van der Waals surface area contributed by atoms with Crippen molar-refractivity contribution in [3.05, 3.63) is 431 Å². The van der Waals surface area contributed by atoms with E-state index in [-0.39, 0.29) is 5.97 Å². The van der Waals surface area contributed by atoms with Crippen molar-refractivity contribution in [2.75, 3.05) is 41.8 Å². The maximum atomic E-state index is 12.5. The van der Waals surface area contributed by atoms with E-state index < -0.39 is 24.2 Å². The number of para-hydroxylation sites is 8. The van der Waals surface area contributed by atoms with Crippen LogP contribution in [0.3, 0.4) is 0 Å². The van der Waals surface area contributed by atoms with Gasteiger partial charge in [-0.05, 0) is 175 Å². The van der Waals surface area contributed by atoms with Crippen molar-refractivity contribution in [2.24, 2.45) is 0 Å². The molecule has 0 saturated heterocycles. The third-order valence-corrected chi connectivity index (χ3v) is 24.6. The molecule has 0 saturated carbocycles. The van der Waals surface area contributed by atoms with Crippen molar-refractivity contribution in [2.45, 2.75) is 58.3 Å². The van der Waals surface area contributed by atoms with E-state index in [4.69, 9.17) is 70.6 Å². The van der Waals surface area contributed by atoms with E-state index in [0.29, 0.717) is 91.5 Å². The standard InChI is InChI=1S/C27H22N2O3.C26H19NO3.C21H17ClN2O3.C21H16ClNO3S.C20H24N2O3/c1-28(2)27(30)32-26-23-12-8-18-29(23)22-11-6-7-13-24(22)31-25(26)21-16-14-20(15-17-21)19-9-4-3-5-10-19;1-18(28)29-26-23-11-7-17-27(23)22-10-5-6-12-24(22)30-25(26)21-15-13-20(14-16-21)19-8-3-2-4-9-19;1-2-23-21(25)27-20-17-12-7-13-24(17)16-11-6-10-15(22)19(16)26-18(20)14-8-4-3-5-9-14;1-13(24)26-20-17-11-12-19(22)23(17)16-5-3-4-6-18(16)27-21(20)14-7-9-15(25-2)10-8-14;1-4-5-6-13-18-19(25-20(23)21(2)3)16-11-9-14-22(16)15-10-7-8-12-17(15)24-18/h3-18H,1-2H3;2-17H,1H3;3-13H,2H2,1H3,(H,23,25);3-12H,1-2H3;7-12,14H,4-6,13H2,1-3H3. The van der Waals surface area contributed by atoms with E-state index in [2.05, 4.69) is 36.5 Å². The molecule has 0 radical (unpaired) electrons. The van der Waals surface area contributed by atoms with Crippen molar-refractivity contribution in [3.63, 3.8) is 0 Å². The SMILES string of the molecule is CC(=O)OC1=C(c2ccc(-c3ccccc3)cc2)Oc2ccccc2-n2cccc21.CCCCCC1=C(OC(=O)N(C)C)c2cccn2-c2ccccc2O1.CCNC(=O)OC1=C(c2ccccc2)Oc2c(Cl)cccc2-n2cccc21.CN(C)C(=O)OC1=C(c2ccc(-c3ccccc3)cc2)Oc2ccccc2-n2cccc21.COc1ccc(C2=C(OC(C)=O)c3ccc(Cl)n3-c3ccccc3S2)cc1. The molecule has 0 bridgehead atoms. The van der Waals surface area contributed by atoms with Gasteiger partial charge in [0.25, 0.3) is 0 Å². The number of unbranched alkanes of at least 4 members (excludes halogenated alkanes) is 2. The van der Waals surface area contributed by atoms with Gasteiger partial charge in [0.1, 0.15) is 16.7 Å². The molecule has 708 valence electrons. The van der Waals surface area contributed by atoms with Gasteiger partial charge in [-0.1, -0.05) is 261 Å². The number of halogens is 2. The van der Waals surface area contributed by atoms with Crippen molar-refractivity contribution in [1.29, 1.82) is 0 Å². The molecular formula is C115H98Cl2N8O15S. The van der Waals surface area contributed by atoms with Gasteiger partial charge in [0, 0.05) is 101 Å². The number of aromatic nitrogens is 5. The van der Waals surface area contributed by atoms with Crippen molar-refractivity contribution >= 4 is 116 Å². The molecule has 0 spiro atoms. The Morgan fingerprint density at radius 2 is 0.745 bits per heavy atom. The molecule has 1 N–H and O–H groups in total. The smallest absolute Gasteiger partial charge is 0.414 e. The molecule has 11 aromatic carbocycles. The van der Waals surface area contributed by atoms with Crippen LogP contribution in [0.1, 0.15) is 104 Å². The van der Waals surface area contributed by atoms with Gasteiger partial charge in [0.2, 0.25) is 0 Å². The summed E-state index contributed by atoms with van der Waals surface area (Å²) in [5.41, 5.74) is 16.0. The number of methoxy groups -OCH3 is 1. The summed E-state index contributed by atoms with van der Waals surface area (Å²) in [7, 11) is 8.28. The molecule has 5 aliphatic rings. The topological polar surface area (TPSA) is 221 Å². The predicted molar refractivity (Wildman–Crippen MR) is 553 cm³/mol. The number of benzene rings is 11. The zero-order valence-electron chi connectivity index (χ0n) is 78.6. The van der Waals surface area contributed by atoms with E-state index in [1.54, 1.807) is 59.2 Å². The van der Waals surface area contributed by atoms with Gasteiger partial charge in [0.05, 0.1) is 73.9 Å². The Labute approximate surface area is 830 Å². The number of amides is 3. The zero-order chi connectivity index (χ0) is 98.2. The van der Waals surface area contributed by atoms with Crippen molar-refractivity contribution in [1.82, 2.24) is 38.0 Å². The number of allylic oxidation sites excluding steroid dienone is 1. The van der Waals surface area contributed by atoms with Crippen molar-refractivity contribution < 1.29 is 71.3 Å². The molecule has 0 fully saturated rings. The second-order valence-corrected chi connectivity index (χ2v) is 34.7. The summed E-state index contributed by atoms with van der Waals surface area (Å²) in [5, 5.41) is 3.68. The van der Waals surface area contributed by atoms with Gasteiger partial charge in [-0.15, -0.1) is 0 Å². The van der Waals surface area contributed by atoms with Crippen LogP contribution in [0.5, 0.6) is 28.7 Å². The number of hydrogen-bond acceptors (Lipinski definition) is 16. The summed E-state index contributed by atoms with van der Waals surface area (Å²) >= 11 is 14.4. The minimum Gasteiger partial charge on any atom is -0.497 e. The highest BCUT2D eigenvalue weighted by atomic mass is 35.5. The quantitative estimate of drug-likeness (QED) is 0.0509. The summed E-state index contributed by atoms with van der Waals surface area (Å²) in [6, 6.07) is 110. The Kier molecular flexibility index (Phi) is 30.0. The van der Waals surface area contributed by atoms with E-state index in [1.807, 2.05) is 358 Å². The fourth-order valence-corrected chi connectivity index (χ4v) is 17.8. The monoisotopic (exact) mass is 1930 g/mol. The Balaban J connectivity index is 0.000000122. The molecule has 23 nitrogen and oxygen atoms in total. The number of carbonyl (C=O) groups is 5. The summed E-state index contributed by atoms with van der Waals surface area (Å²) in [5.74, 6) is 6.84. The fraction of sp³-hybridized carbons (Fsp3) is 0.122. The second kappa shape index (κ2) is 44.1. The number of esters is 2. The summed E-state index contributed by atoms with van der Waals surface area (Å²) in [6.45, 7) is 7.25. The Morgan fingerprint density at radius 1 is 0.355 bits per heavy atom. The number of fused-ring (bicyclic) bond motifs is 15. The van der Waals surface area contributed by atoms with Gasteiger partial charge < -0.3 is 80.8 Å². The van der Waals surface area contributed by atoms with Crippen LogP contribution in [0, 0.1) is 0 Å². The van der Waals surface area contributed by atoms with Crippen molar-refractivity contribution in [3.8, 4) is 79.4 Å². The van der Waals surface area contributed by atoms with Crippen LogP contribution in [-0.4, -0.2) is 105 Å². The molecule has 141 heavy (non-hydrogen) atoms. The molecule has 3 amide bonds. The average Bonchev–Trinajstić information content (AvgIpc) is 1.63. The highest BCUT2D eigenvalue weighted by Gasteiger charge is 2.34. The van der Waals surface area contributed by atoms with Gasteiger partial charge in [-0.2, -0.15) is 0 Å². The maximum absolute atomic E-state index is 12.5. The molecule has 0 unspecified atom stereocenters. The fourth-order valence-electron chi connectivity index (χ4n) is 16.2. The van der Waals surface area contributed by atoms with Gasteiger partial charge in [-0.3, -0.25) is 14.2 Å². The molecule has 0 aliphatic carbocycles. The van der Waals surface area contributed by atoms with Crippen LogP contribution in [-0.2, 0) is 33.3 Å². The summed E-state index contributed by atoms with van der Waals surface area (Å²) in [6.07, 6.45) is 10.2. The van der Waals surface area contributed by atoms with Crippen LogP contribution in [0.25, 0.3) is 102 Å².